The molecule has 0 aromatic heterocycles. The predicted octanol–water partition coefficient (Wildman–Crippen LogP) is 6.95. The van der Waals surface area contributed by atoms with E-state index in [2.05, 4.69) is 111 Å². The van der Waals surface area contributed by atoms with Gasteiger partial charge >= 0.3 is 0 Å². The normalized spacial score (nSPS) is 9.97. The summed E-state index contributed by atoms with van der Waals surface area (Å²) in [5.74, 6) is 13.3. The van der Waals surface area contributed by atoms with Gasteiger partial charge in [0.25, 0.3) is 0 Å². The van der Waals surface area contributed by atoms with E-state index >= 15 is 0 Å². The average Bonchev–Trinajstić information content (AvgIpc) is 2.81. The van der Waals surface area contributed by atoms with Gasteiger partial charge in [-0.25, -0.2) is 0 Å². The summed E-state index contributed by atoms with van der Waals surface area (Å²) in [5.41, 5.74) is 8.22. The lowest BCUT2D eigenvalue weighted by Gasteiger charge is -2.02. The van der Waals surface area contributed by atoms with Crippen molar-refractivity contribution in [1.82, 2.24) is 0 Å². The Morgan fingerprint density at radius 2 is 1.13 bits per heavy atom. The summed E-state index contributed by atoms with van der Waals surface area (Å²) in [6.45, 7) is 6.56. The molecule has 0 saturated carbocycles. The summed E-state index contributed by atoms with van der Waals surface area (Å²) in [6.07, 6.45) is 5.62. The molecule has 0 spiro atoms. The Morgan fingerprint density at radius 3 is 1.73 bits per heavy atom. The third kappa shape index (κ3) is 6.14. The molecule has 0 nitrogen and oxygen atoms in total. The Labute approximate surface area is 182 Å². The molecule has 3 aromatic rings. The lowest BCUT2D eigenvalue weighted by Crippen LogP contribution is -1.90. The van der Waals surface area contributed by atoms with Gasteiger partial charge in [0, 0.05) is 22.3 Å². The second-order valence-electron chi connectivity index (χ2n) is 7.58. The summed E-state index contributed by atoms with van der Waals surface area (Å²) in [6, 6.07) is 23.5. The van der Waals surface area contributed by atoms with Crippen LogP contribution in [0.3, 0.4) is 0 Å². The van der Waals surface area contributed by atoms with Gasteiger partial charge in [-0.05, 0) is 84.8 Å². The van der Waals surface area contributed by atoms with Crippen molar-refractivity contribution in [3.8, 4) is 23.7 Å². The van der Waals surface area contributed by atoms with Crippen LogP contribution in [0.4, 0.5) is 0 Å². The predicted molar refractivity (Wildman–Crippen MR) is 129 cm³/mol. The van der Waals surface area contributed by atoms with Crippen LogP contribution in [0.5, 0.6) is 0 Å². The van der Waals surface area contributed by atoms with Crippen LogP contribution in [0.1, 0.15) is 72.6 Å². The maximum Gasteiger partial charge on any atom is 0.0281 e. The zero-order valence-corrected chi connectivity index (χ0v) is 18.4. The van der Waals surface area contributed by atoms with Gasteiger partial charge in [0.1, 0.15) is 0 Å². The summed E-state index contributed by atoms with van der Waals surface area (Å²) in [4.78, 5) is 0. The third-order valence-corrected chi connectivity index (χ3v) is 5.31. The van der Waals surface area contributed by atoms with Crippen LogP contribution in [-0.4, -0.2) is 0 Å². The van der Waals surface area contributed by atoms with Crippen molar-refractivity contribution in [2.24, 2.45) is 0 Å². The van der Waals surface area contributed by atoms with E-state index in [1.165, 1.54) is 29.5 Å². The maximum atomic E-state index is 3.34. The highest BCUT2D eigenvalue weighted by atomic mass is 14.0. The second-order valence-corrected chi connectivity index (χ2v) is 7.58. The average molecular weight is 391 g/mol. The zero-order valence-electron chi connectivity index (χ0n) is 18.4. The number of aryl methyl sites for hydroxylation is 3. The second kappa shape index (κ2) is 11.1. The number of benzene rings is 3. The van der Waals surface area contributed by atoms with E-state index in [9.17, 15) is 0 Å². The lowest BCUT2D eigenvalue weighted by molar-refractivity contribution is 0.795. The van der Waals surface area contributed by atoms with Crippen molar-refractivity contribution in [2.75, 3.05) is 0 Å². The van der Waals surface area contributed by atoms with E-state index in [0.717, 1.165) is 41.5 Å². The molecule has 0 saturated heterocycles. The van der Waals surface area contributed by atoms with Crippen LogP contribution in [0, 0.1) is 23.7 Å². The van der Waals surface area contributed by atoms with E-state index in [0.29, 0.717) is 0 Å². The van der Waals surface area contributed by atoms with Gasteiger partial charge in [0.2, 0.25) is 0 Å². The van der Waals surface area contributed by atoms with E-state index in [-0.39, 0.29) is 0 Å². The van der Waals surface area contributed by atoms with Gasteiger partial charge in [-0.15, -0.1) is 0 Å². The topological polar surface area (TPSA) is 0 Å². The number of unbranched alkanes of at least 4 members (excludes halogenated alkanes) is 1. The van der Waals surface area contributed by atoms with E-state index in [1.807, 2.05) is 0 Å². The Bertz CT molecular complexity index is 1080. The Morgan fingerprint density at radius 1 is 0.567 bits per heavy atom. The number of rotatable bonds is 5. The highest BCUT2D eigenvalue weighted by molar-refractivity contribution is 5.52. The van der Waals surface area contributed by atoms with Crippen molar-refractivity contribution in [3.63, 3.8) is 0 Å². The van der Waals surface area contributed by atoms with Crippen LogP contribution in [0.15, 0.2) is 66.7 Å². The van der Waals surface area contributed by atoms with Crippen LogP contribution in [0.25, 0.3) is 0 Å². The molecule has 0 bridgehead atoms. The first-order valence-electron chi connectivity index (χ1n) is 11.1. The molecule has 0 atom stereocenters. The third-order valence-electron chi connectivity index (χ3n) is 5.31. The molecule has 0 heteroatoms. The SMILES string of the molecule is CCCCc1ccc(C#Cc2ccc(C#Cc3ccc(CC)cc3)c(CC)c2)cc1. The van der Waals surface area contributed by atoms with Crippen molar-refractivity contribution in [1.29, 1.82) is 0 Å². The van der Waals surface area contributed by atoms with E-state index in [4.69, 9.17) is 0 Å². The Hall–Kier alpha value is -3.22. The minimum absolute atomic E-state index is 0.945. The van der Waals surface area contributed by atoms with Gasteiger partial charge < -0.3 is 0 Å². The lowest BCUT2D eigenvalue weighted by atomic mass is 10.0. The fourth-order valence-corrected chi connectivity index (χ4v) is 3.33. The maximum absolute atomic E-state index is 3.34. The molecule has 3 aromatic carbocycles. The molecule has 150 valence electrons. The number of hydrogen-bond acceptors (Lipinski definition) is 0. The molecule has 0 radical (unpaired) electrons. The van der Waals surface area contributed by atoms with Gasteiger partial charge in [-0.3, -0.25) is 0 Å². The van der Waals surface area contributed by atoms with Gasteiger partial charge in [0.05, 0.1) is 0 Å². The monoisotopic (exact) mass is 390 g/mol. The largest absolute Gasteiger partial charge is 0.0654 e. The van der Waals surface area contributed by atoms with Crippen LogP contribution in [0.2, 0.25) is 0 Å². The molecule has 0 unspecified atom stereocenters. The molecule has 0 aliphatic carbocycles. The van der Waals surface area contributed by atoms with Crippen molar-refractivity contribution < 1.29 is 0 Å². The first-order chi connectivity index (χ1) is 14.7. The zero-order chi connectivity index (χ0) is 21.2. The summed E-state index contributed by atoms with van der Waals surface area (Å²) in [5, 5.41) is 0. The smallest absolute Gasteiger partial charge is 0.0281 e. The van der Waals surface area contributed by atoms with Gasteiger partial charge in [-0.1, -0.05) is 75.1 Å². The van der Waals surface area contributed by atoms with Gasteiger partial charge in [0.15, 0.2) is 0 Å². The summed E-state index contributed by atoms with van der Waals surface area (Å²) >= 11 is 0. The highest BCUT2D eigenvalue weighted by Crippen LogP contribution is 2.13. The van der Waals surface area contributed by atoms with Crippen molar-refractivity contribution >= 4 is 0 Å². The quantitative estimate of drug-likeness (QED) is 0.413. The molecule has 30 heavy (non-hydrogen) atoms. The molecular formula is C30H30. The highest BCUT2D eigenvalue weighted by Gasteiger charge is 2.00. The molecule has 0 N–H and O–H groups in total. The number of hydrogen-bond donors (Lipinski definition) is 0. The van der Waals surface area contributed by atoms with Gasteiger partial charge in [-0.2, -0.15) is 0 Å². The first-order valence-corrected chi connectivity index (χ1v) is 11.1. The van der Waals surface area contributed by atoms with E-state index in [1.54, 1.807) is 0 Å². The molecule has 0 heterocycles. The summed E-state index contributed by atoms with van der Waals surface area (Å²) in [7, 11) is 0. The minimum atomic E-state index is 0.945. The molecule has 0 amide bonds. The van der Waals surface area contributed by atoms with Crippen molar-refractivity contribution in [2.45, 2.75) is 52.9 Å². The molecule has 0 fully saturated rings. The molecule has 0 aliphatic rings. The fourth-order valence-electron chi connectivity index (χ4n) is 3.33. The van der Waals surface area contributed by atoms with Crippen LogP contribution >= 0.6 is 0 Å². The minimum Gasteiger partial charge on any atom is -0.0654 e. The first kappa shape index (κ1) is 21.5. The van der Waals surface area contributed by atoms with Crippen molar-refractivity contribution in [3.05, 3.63) is 106 Å². The Kier molecular flexibility index (Phi) is 7.94. The Balaban J connectivity index is 1.75. The molecule has 0 aliphatic heterocycles. The fraction of sp³-hybridized carbons (Fsp3) is 0.267. The van der Waals surface area contributed by atoms with E-state index < -0.39 is 0 Å². The van der Waals surface area contributed by atoms with Crippen LogP contribution in [-0.2, 0) is 19.3 Å². The summed E-state index contributed by atoms with van der Waals surface area (Å²) < 4.78 is 0. The molecular weight excluding hydrogens is 360 g/mol. The van der Waals surface area contributed by atoms with Crippen LogP contribution < -0.4 is 0 Å². The molecule has 3 rings (SSSR count). The standard InChI is InChI=1S/C30H30/c1-4-7-8-25-13-15-26(16-14-25)17-18-28-20-22-30(29(6-3)23-28)21-19-27-11-9-24(5-2)10-12-27/h9-16,20,22-23H,4-8H2,1-3H3.